The summed E-state index contributed by atoms with van der Waals surface area (Å²) >= 11 is 6.20. The van der Waals surface area contributed by atoms with E-state index in [0.29, 0.717) is 27.5 Å². The van der Waals surface area contributed by atoms with Gasteiger partial charge in [-0.15, -0.1) is 0 Å². The Balaban J connectivity index is 1.83. The van der Waals surface area contributed by atoms with Crippen LogP contribution in [0.1, 0.15) is 22.3 Å². The number of rotatable bonds is 5. The molecule has 0 atom stereocenters. The summed E-state index contributed by atoms with van der Waals surface area (Å²) in [6.07, 6.45) is 0. The molecule has 0 fully saturated rings. The number of hydrogen-bond donors (Lipinski definition) is 1. The average molecular weight is 460 g/mol. The van der Waals surface area contributed by atoms with E-state index >= 15 is 0 Å². The fraction of sp³-hybridized carbons (Fsp3) is 0.185. The van der Waals surface area contributed by atoms with Crippen molar-refractivity contribution < 1.29 is 9.59 Å². The first-order valence-electron chi connectivity index (χ1n) is 10.7. The van der Waals surface area contributed by atoms with Gasteiger partial charge in [0, 0.05) is 30.5 Å². The molecule has 0 saturated heterocycles. The van der Waals surface area contributed by atoms with Gasteiger partial charge >= 0.3 is 0 Å². The molecule has 0 aromatic heterocycles. The zero-order valence-electron chi connectivity index (χ0n) is 19.4. The molecule has 3 aromatic rings. The summed E-state index contributed by atoms with van der Waals surface area (Å²) in [6, 6.07) is 18.6. The molecule has 1 aliphatic rings. The second-order valence-electron chi connectivity index (χ2n) is 8.49. The van der Waals surface area contributed by atoms with Crippen LogP contribution in [-0.4, -0.2) is 25.9 Å². The van der Waals surface area contributed by atoms with Gasteiger partial charge in [-0.25, -0.2) is 4.90 Å². The van der Waals surface area contributed by atoms with Crippen molar-refractivity contribution in [3.05, 3.63) is 93.6 Å². The van der Waals surface area contributed by atoms with E-state index in [4.69, 9.17) is 11.6 Å². The molecule has 2 amide bonds. The van der Waals surface area contributed by atoms with E-state index in [1.165, 1.54) is 4.90 Å². The number of imide groups is 1. The molecule has 33 heavy (non-hydrogen) atoms. The minimum absolute atomic E-state index is 0.241. The summed E-state index contributed by atoms with van der Waals surface area (Å²) in [5.74, 6) is -0.756. The van der Waals surface area contributed by atoms with Crippen molar-refractivity contribution in [2.24, 2.45) is 0 Å². The summed E-state index contributed by atoms with van der Waals surface area (Å²) < 4.78 is 0. The number of anilines is 3. The molecule has 0 aliphatic carbocycles. The van der Waals surface area contributed by atoms with E-state index in [1.807, 2.05) is 76.2 Å². The average Bonchev–Trinajstić information content (AvgIpc) is 3.02. The van der Waals surface area contributed by atoms with Gasteiger partial charge in [-0.1, -0.05) is 35.9 Å². The fourth-order valence-corrected chi connectivity index (χ4v) is 3.98. The van der Waals surface area contributed by atoms with E-state index in [2.05, 4.69) is 5.32 Å². The van der Waals surface area contributed by atoms with E-state index in [1.54, 1.807) is 24.3 Å². The molecule has 1 N–H and O–H groups in total. The highest BCUT2D eigenvalue weighted by Crippen LogP contribution is 2.35. The minimum Gasteiger partial charge on any atom is -0.378 e. The first kappa shape index (κ1) is 22.6. The van der Waals surface area contributed by atoms with Crippen molar-refractivity contribution in [3.8, 4) is 0 Å². The smallest absolute Gasteiger partial charge is 0.282 e. The minimum atomic E-state index is -0.398. The summed E-state index contributed by atoms with van der Waals surface area (Å²) in [4.78, 5) is 30.5. The summed E-state index contributed by atoms with van der Waals surface area (Å²) in [7, 11) is 3.88. The molecule has 0 spiro atoms. The van der Waals surface area contributed by atoms with Crippen LogP contribution in [0.3, 0.4) is 0 Å². The number of aryl methyl sites for hydroxylation is 3. The Labute approximate surface area is 199 Å². The Bertz CT molecular complexity index is 1290. The topological polar surface area (TPSA) is 52.7 Å². The number of halogens is 1. The summed E-state index contributed by atoms with van der Waals surface area (Å²) in [5, 5.41) is 3.76. The lowest BCUT2D eigenvalue weighted by atomic mass is 9.99. The standard InChI is InChI=1S/C27H26ClN3O2/c1-16-6-8-19(14-18(16)3)24-25(29-23-15-20(28)9-7-17(23)2)27(33)31(26(24)32)22-12-10-21(11-13-22)30(4)5/h6-15,29H,1-5H3. The van der Waals surface area contributed by atoms with Crippen LogP contribution in [0, 0.1) is 20.8 Å². The number of nitrogens with zero attached hydrogens (tertiary/aromatic N) is 2. The van der Waals surface area contributed by atoms with Crippen molar-refractivity contribution in [1.29, 1.82) is 0 Å². The number of amides is 2. The van der Waals surface area contributed by atoms with Crippen LogP contribution in [0.4, 0.5) is 17.1 Å². The van der Waals surface area contributed by atoms with Crippen molar-refractivity contribution in [3.63, 3.8) is 0 Å². The molecule has 0 radical (unpaired) electrons. The quantitative estimate of drug-likeness (QED) is 0.495. The first-order chi connectivity index (χ1) is 15.7. The van der Waals surface area contributed by atoms with Crippen molar-refractivity contribution in [2.75, 3.05) is 29.2 Å². The fourth-order valence-electron chi connectivity index (χ4n) is 3.81. The molecule has 4 rings (SSSR count). The zero-order valence-corrected chi connectivity index (χ0v) is 20.1. The number of hydrogen-bond acceptors (Lipinski definition) is 4. The molecule has 1 aliphatic heterocycles. The number of carbonyl (C=O) groups is 2. The molecule has 5 nitrogen and oxygen atoms in total. The maximum atomic E-state index is 13.7. The summed E-state index contributed by atoms with van der Waals surface area (Å²) in [5.41, 5.74) is 6.56. The number of benzene rings is 3. The predicted molar refractivity (Wildman–Crippen MR) is 136 cm³/mol. The van der Waals surface area contributed by atoms with Gasteiger partial charge in [-0.2, -0.15) is 0 Å². The molecular formula is C27H26ClN3O2. The second-order valence-corrected chi connectivity index (χ2v) is 8.93. The van der Waals surface area contributed by atoms with E-state index in [0.717, 1.165) is 22.4 Å². The maximum absolute atomic E-state index is 13.7. The van der Waals surface area contributed by atoms with Crippen LogP contribution in [0.25, 0.3) is 5.57 Å². The highest BCUT2D eigenvalue weighted by Gasteiger charge is 2.40. The van der Waals surface area contributed by atoms with Crippen molar-refractivity contribution in [2.45, 2.75) is 20.8 Å². The molecule has 0 bridgehead atoms. The van der Waals surface area contributed by atoms with Gasteiger partial charge in [-0.05, 0) is 79.4 Å². The van der Waals surface area contributed by atoms with Gasteiger partial charge < -0.3 is 10.2 Å². The normalized spacial score (nSPS) is 13.7. The van der Waals surface area contributed by atoms with Gasteiger partial charge in [0.05, 0.1) is 11.3 Å². The monoisotopic (exact) mass is 459 g/mol. The highest BCUT2D eigenvalue weighted by atomic mass is 35.5. The van der Waals surface area contributed by atoms with Gasteiger partial charge in [-0.3, -0.25) is 9.59 Å². The van der Waals surface area contributed by atoms with E-state index < -0.39 is 5.91 Å². The van der Waals surface area contributed by atoms with Gasteiger partial charge in [0.15, 0.2) is 0 Å². The molecule has 3 aromatic carbocycles. The second kappa shape index (κ2) is 8.75. The van der Waals surface area contributed by atoms with Crippen LogP contribution in [0.5, 0.6) is 0 Å². The van der Waals surface area contributed by atoms with Crippen LogP contribution < -0.4 is 15.1 Å². The molecular weight excluding hydrogens is 434 g/mol. The maximum Gasteiger partial charge on any atom is 0.282 e. The zero-order chi connectivity index (χ0) is 23.9. The molecule has 0 unspecified atom stereocenters. The van der Waals surface area contributed by atoms with Crippen LogP contribution in [0.2, 0.25) is 5.02 Å². The van der Waals surface area contributed by atoms with Crippen LogP contribution in [-0.2, 0) is 9.59 Å². The largest absolute Gasteiger partial charge is 0.378 e. The lowest BCUT2D eigenvalue weighted by molar-refractivity contribution is -0.120. The Hall–Kier alpha value is -3.57. The Morgan fingerprint density at radius 3 is 2.09 bits per heavy atom. The van der Waals surface area contributed by atoms with Gasteiger partial charge in [0.25, 0.3) is 11.8 Å². The lowest BCUT2D eigenvalue weighted by Gasteiger charge is -2.18. The number of carbonyl (C=O) groups excluding carboxylic acids is 2. The third kappa shape index (κ3) is 4.24. The van der Waals surface area contributed by atoms with E-state index in [-0.39, 0.29) is 11.6 Å². The Kier molecular flexibility index (Phi) is 6.00. The molecule has 0 saturated carbocycles. The first-order valence-corrected chi connectivity index (χ1v) is 11.1. The van der Waals surface area contributed by atoms with Crippen LogP contribution in [0.15, 0.2) is 66.4 Å². The Morgan fingerprint density at radius 1 is 0.788 bits per heavy atom. The molecule has 6 heteroatoms. The molecule has 168 valence electrons. The SMILES string of the molecule is Cc1ccc(C2=C(Nc3cc(Cl)ccc3C)C(=O)N(c3ccc(N(C)C)cc3)C2=O)cc1C. The van der Waals surface area contributed by atoms with Crippen molar-refractivity contribution in [1.82, 2.24) is 0 Å². The van der Waals surface area contributed by atoms with Gasteiger partial charge in [0.1, 0.15) is 5.70 Å². The van der Waals surface area contributed by atoms with Crippen molar-refractivity contribution >= 4 is 46.1 Å². The lowest BCUT2D eigenvalue weighted by Crippen LogP contribution is -2.32. The number of nitrogens with one attached hydrogen (secondary N) is 1. The van der Waals surface area contributed by atoms with Gasteiger partial charge in [0.2, 0.25) is 0 Å². The third-order valence-corrected chi connectivity index (χ3v) is 6.20. The highest BCUT2D eigenvalue weighted by molar-refractivity contribution is 6.46. The predicted octanol–water partition coefficient (Wildman–Crippen LogP) is 5.73. The Morgan fingerprint density at radius 2 is 1.45 bits per heavy atom. The van der Waals surface area contributed by atoms with E-state index in [9.17, 15) is 9.59 Å². The summed E-state index contributed by atoms with van der Waals surface area (Å²) in [6.45, 7) is 5.93. The third-order valence-electron chi connectivity index (χ3n) is 5.96. The van der Waals surface area contributed by atoms with Crippen LogP contribution >= 0.6 is 11.6 Å². The molecule has 1 heterocycles.